The van der Waals surface area contributed by atoms with Crippen LogP contribution in [0.25, 0.3) is 21.5 Å². The van der Waals surface area contributed by atoms with Crippen molar-refractivity contribution < 1.29 is 21.2 Å². The van der Waals surface area contributed by atoms with Gasteiger partial charge in [0.15, 0.2) is 0 Å². The van der Waals surface area contributed by atoms with E-state index in [0.717, 1.165) is 0 Å². The second-order valence-corrected chi connectivity index (χ2v) is 6.70. The topological polar surface area (TPSA) is 0 Å². The molecule has 3 aromatic carbocycles. The third-order valence-corrected chi connectivity index (χ3v) is 5.95. The first kappa shape index (κ1) is 8.11. The van der Waals surface area contributed by atoms with Crippen molar-refractivity contribution in [2.45, 2.75) is 0 Å². The van der Waals surface area contributed by atoms with Gasteiger partial charge in [0.25, 0.3) is 0 Å². The van der Waals surface area contributed by atoms with Crippen molar-refractivity contribution in [2.24, 2.45) is 0 Å². The maximum absolute atomic E-state index is 2.30. The van der Waals surface area contributed by atoms with E-state index in [1.165, 1.54) is 21.5 Å². The first-order chi connectivity index (χ1) is 7.43. The van der Waals surface area contributed by atoms with Gasteiger partial charge < -0.3 is 0 Å². The monoisotopic (exact) mass is 303 g/mol. The highest BCUT2D eigenvalue weighted by molar-refractivity contribution is 6.07. The van der Waals surface area contributed by atoms with Crippen LogP contribution >= 0.6 is 0 Å². The third kappa shape index (κ3) is 0.965. The zero-order valence-electron chi connectivity index (χ0n) is 8.00. The average Bonchev–Trinajstić information content (AvgIpc) is 2.66. The summed E-state index contributed by atoms with van der Waals surface area (Å²) < 4.78 is 3.19. The van der Waals surface area contributed by atoms with E-state index in [9.17, 15) is 0 Å². The van der Waals surface area contributed by atoms with E-state index in [4.69, 9.17) is 0 Å². The molecule has 1 heterocycles. The second-order valence-electron chi connectivity index (χ2n) is 3.84. The van der Waals surface area contributed by atoms with Gasteiger partial charge in [0.05, 0.1) is 0 Å². The van der Waals surface area contributed by atoms with E-state index in [-0.39, 0.29) is 21.2 Å². The van der Waals surface area contributed by atoms with E-state index >= 15 is 0 Å². The lowest BCUT2D eigenvalue weighted by molar-refractivity contribution is -0.588. The smallest absolute Gasteiger partial charge is 0.0571 e. The minimum Gasteiger partial charge on any atom is -0.0571 e. The highest BCUT2D eigenvalue weighted by atomic mass is 127. The molecule has 0 unspecified atom stereocenters. The average molecular weight is 303 g/mol. The van der Waals surface area contributed by atoms with Crippen LogP contribution in [-0.4, -0.2) is 0 Å². The first-order valence-corrected chi connectivity index (χ1v) is 7.18. The van der Waals surface area contributed by atoms with Crippen molar-refractivity contribution >= 4 is 21.5 Å². The van der Waals surface area contributed by atoms with Crippen LogP contribution in [0.2, 0.25) is 0 Å². The van der Waals surface area contributed by atoms with Crippen molar-refractivity contribution in [3.05, 3.63) is 55.7 Å². The van der Waals surface area contributed by atoms with Crippen LogP contribution in [0.1, 0.15) is 0 Å². The van der Waals surface area contributed by atoms with Crippen LogP contribution in [0.15, 0.2) is 48.5 Å². The Bertz CT molecular complexity index is 637. The van der Waals surface area contributed by atoms with E-state index in [0.29, 0.717) is 0 Å². The summed E-state index contributed by atoms with van der Waals surface area (Å²) in [5, 5.41) is 5.87. The number of hydrogen-bond donors (Lipinski definition) is 0. The summed E-state index contributed by atoms with van der Waals surface area (Å²) >= 11 is 0.0692. The summed E-state index contributed by atoms with van der Waals surface area (Å²) in [5.74, 6) is 0. The number of rotatable bonds is 0. The van der Waals surface area contributed by atoms with Gasteiger partial charge in [-0.05, 0) is 22.9 Å². The molecule has 0 atom stereocenters. The molecule has 0 saturated heterocycles. The molecule has 0 spiro atoms. The minimum atomic E-state index is 0.0692. The van der Waals surface area contributed by atoms with Crippen LogP contribution in [-0.2, 0) is 0 Å². The molecule has 1 heteroatoms. The molecule has 0 amide bonds. The Morgan fingerprint density at radius 2 is 1.13 bits per heavy atom. The van der Waals surface area contributed by atoms with Gasteiger partial charge in [-0.1, -0.05) is 36.4 Å². The molecular weight excluding hydrogens is 295 g/mol. The third-order valence-electron chi connectivity index (χ3n) is 2.99. The van der Waals surface area contributed by atoms with E-state index in [1.807, 2.05) is 0 Å². The largest absolute Gasteiger partial charge is 0.359 e. The quantitative estimate of drug-likeness (QED) is 0.327. The Morgan fingerprint density at radius 1 is 0.600 bits per heavy atom. The summed E-state index contributed by atoms with van der Waals surface area (Å²) in [5.41, 5.74) is 0. The summed E-state index contributed by atoms with van der Waals surface area (Å²) in [6.07, 6.45) is 0. The van der Waals surface area contributed by atoms with E-state index in [2.05, 4.69) is 48.5 Å². The van der Waals surface area contributed by atoms with Crippen molar-refractivity contribution in [3.63, 3.8) is 0 Å². The lowest BCUT2D eigenvalue weighted by Crippen LogP contribution is -3.61. The van der Waals surface area contributed by atoms with Crippen molar-refractivity contribution in [3.8, 4) is 0 Å². The predicted molar refractivity (Wildman–Crippen MR) is 58.8 cm³/mol. The van der Waals surface area contributed by atoms with Gasteiger partial charge in [-0.2, -0.15) is 0 Å². The van der Waals surface area contributed by atoms with Crippen LogP contribution in [0.3, 0.4) is 0 Å². The molecule has 0 nitrogen and oxygen atoms in total. The Labute approximate surface area is 98.2 Å². The first-order valence-electron chi connectivity index (χ1n) is 5.03. The van der Waals surface area contributed by atoms with Gasteiger partial charge in [-0.25, -0.2) is 0 Å². The number of halogens is 1. The fraction of sp³-hybridized carbons (Fsp3) is 0. The lowest BCUT2D eigenvalue weighted by atomic mass is 10.0. The second kappa shape index (κ2) is 2.73. The van der Waals surface area contributed by atoms with Gasteiger partial charge in [0.1, 0.15) is 0 Å². The Hall–Kier alpha value is -1.09. The molecule has 1 aliphatic rings. The molecule has 1 aliphatic heterocycles. The summed E-state index contributed by atoms with van der Waals surface area (Å²) in [6.45, 7) is 0. The zero-order valence-corrected chi connectivity index (χ0v) is 10.2. The Balaban J connectivity index is 2.42. The summed E-state index contributed by atoms with van der Waals surface area (Å²) in [7, 11) is 0. The van der Waals surface area contributed by atoms with Gasteiger partial charge in [0.2, 0.25) is 7.14 Å². The van der Waals surface area contributed by atoms with Crippen molar-refractivity contribution in [1.82, 2.24) is 0 Å². The molecule has 3 aromatic rings. The molecule has 0 fully saturated rings. The molecule has 0 saturated carbocycles. The van der Waals surface area contributed by atoms with Crippen LogP contribution in [0.5, 0.6) is 0 Å². The predicted octanol–water partition coefficient (Wildman–Crippen LogP) is 0.435. The van der Waals surface area contributed by atoms with E-state index in [1.54, 1.807) is 7.14 Å². The zero-order chi connectivity index (χ0) is 9.83. The highest BCUT2D eigenvalue weighted by Crippen LogP contribution is 2.26. The van der Waals surface area contributed by atoms with Crippen LogP contribution in [0, 0.1) is 7.14 Å². The fourth-order valence-corrected chi connectivity index (χ4v) is 5.44. The molecule has 0 bridgehead atoms. The van der Waals surface area contributed by atoms with Gasteiger partial charge in [0, 0.05) is 10.8 Å². The van der Waals surface area contributed by atoms with Gasteiger partial charge >= 0.3 is 21.2 Å². The fourth-order valence-electron chi connectivity index (χ4n) is 2.33. The Morgan fingerprint density at radius 3 is 1.67 bits per heavy atom. The van der Waals surface area contributed by atoms with Crippen LogP contribution < -0.4 is 21.2 Å². The molecular formula is C14H8I+. The molecule has 0 radical (unpaired) electrons. The minimum absolute atomic E-state index is 0.0692. The lowest BCUT2D eigenvalue weighted by Gasteiger charge is -1.97. The molecule has 4 rings (SSSR count). The normalized spacial score (nSPS) is 13.1. The molecule has 0 aliphatic carbocycles. The highest BCUT2D eigenvalue weighted by Gasteiger charge is 2.30. The number of hydrogen-bond acceptors (Lipinski definition) is 0. The summed E-state index contributed by atoms with van der Waals surface area (Å²) in [6, 6.07) is 17.9. The standard InChI is InChI=1S/C14H8I/c1-3-9-7-8-10-4-2-6-12-14(10)13(9)11(5-1)15-12/h1-8H/q+1. The molecule has 0 aromatic heterocycles. The molecule has 70 valence electrons. The molecule has 15 heavy (non-hydrogen) atoms. The van der Waals surface area contributed by atoms with Gasteiger partial charge in [-0.15, -0.1) is 0 Å². The van der Waals surface area contributed by atoms with Gasteiger partial charge in [-0.3, -0.25) is 0 Å². The summed E-state index contributed by atoms with van der Waals surface area (Å²) in [4.78, 5) is 0. The Kier molecular flexibility index (Phi) is 1.47. The maximum atomic E-state index is 2.30. The van der Waals surface area contributed by atoms with Crippen molar-refractivity contribution in [1.29, 1.82) is 0 Å². The molecule has 0 N–H and O–H groups in total. The SMILES string of the molecule is c1cc2c3c(c1)ccc1cccc(c13)[I+]2. The van der Waals surface area contributed by atoms with E-state index < -0.39 is 0 Å². The van der Waals surface area contributed by atoms with Crippen molar-refractivity contribution in [2.75, 3.05) is 0 Å². The maximum Gasteiger partial charge on any atom is 0.359 e. The van der Waals surface area contributed by atoms with Crippen LogP contribution in [0.4, 0.5) is 0 Å². The number of benzene rings is 3.